The van der Waals surface area contributed by atoms with Gasteiger partial charge in [0.15, 0.2) is 5.11 Å². The number of pyridine rings is 1. The summed E-state index contributed by atoms with van der Waals surface area (Å²) in [6, 6.07) is 17.3. The van der Waals surface area contributed by atoms with Gasteiger partial charge >= 0.3 is 0 Å². The van der Waals surface area contributed by atoms with Crippen LogP contribution in [0.3, 0.4) is 0 Å². The molecule has 1 amide bonds. The molecule has 2 atom stereocenters. The number of hydrogen-bond acceptors (Lipinski definition) is 6. The second kappa shape index (κ2) is 12.0. The van der Waals surface area contributed by atoms with Gasteiger partial charge in [-0.3, -0.25) is 19.9 Å². The fraction of sp³-hybridized carbons (Fsp3) is 0.233. The van der Waals surface area contributed by atoms with Gasteiger partial charge in [0, 0.05) is 36.2 Å². The van der Waals surface area contributed by atoms with Gasteiger partial charge in [-0.25, -0.2) is 4.39 Å². The Hall–Kier alpha value is -4.84. The van der Waals surface area contributed by atoms with Crippen LogP contribution < -0.4 is 15.4 Å². The second-order valence-electron chi connectivity index (χ2n) is 9.90. The largest absolute Gasteiger partial charge is 0.496 e. The molecule has 0 spiro atoms. The highest BCUT2D eigenvalue weighted by Crippen LogP contribution is 2.42. The lowest BCUT2D eigenvalue weighted by molar-refractivity contribution is -0.384. The van der Waals surface area contributed by atoms with Crippen LogP contribution in [0.15, 0.2) is 72.9 Å². The van der Waals surface area contributed by atoms with Crippen molar-refractivity contribution in [2.75, 3.05) is 19.0 Å². The number of aromatic nitrogens is 2. The zero-order valence-electron chi connectivity index (χ0n) is 23.2. The number of carbonyl (C=O) groups excluding carboxylic acids is 1. The number of nitro benzene ring substituents is 1. The summed E-state index contributed by atoms with van der Waals surface area (Å²) in [4.78, 5) is 30.9. The fourth-order valence-corrected chi connectivity index (χ4v) is 5.72. The zero-order valence-corrected chi connectivity index (χ0v) is 24.0. The van der Waals surface area contributed by atoms with Gasteiger partial charge in [-0.15, -0.1) is 0 Å². The molecule has 216 valence electrons. The first kappa shape index (κ1) is 28.7. The van der Waals surface area contributed by atoms with Crippen molar-refractivity contribution in [3.8, 4) is 11.4 Å². The molecule has 12 heteroatoms. The molecule has 42 heavy (non-hydrogen) atoms. The van der Waals surface area contributed by atoms with Gasteiger partial charge in [-0.1, -0.05) is 6.07 Å². The Kier molecular flexibility index (Phi) is 8.16. The average Bonchev–Trinajstić information content (AvgIpc) is 3.47. The maximum atomic E-state index is 13.3. The maximum Gasteiger partial charge on any atom is 0.296 e. The van der Waals surface area contributed by atoms with Crippen LogP contribution in [0.4, 0.5) is 15.8 Å². The number of nitro groups is 1. The Morgan fingerprint density at radius 1 is 1.17 bits per heavy atom. The van der Waals surface area contributed by atoms with Crippen molar-refractivity contribution >= 4 is 34.6 Å². The number of hydrogen-bond donors (Lipinski definition) is 2. The van der Waals surface area contributed by atoms with Gasteiger partial charge in [0.05, 0.1) is 35.9 Å². The Morgan fingerprint density at radius 2 is 1.93 bits per heavy atom. The fourth-order valence-electron chi connectivity index (χ4n) is 5.39. The number of carbonyl (C=O) groups is 1. The number of amides is 1. The van der Waals surface area contributed by atoms with E-state index in [4.69, 9.17) is 17.0 Å². The topological polar surface area (TPSA) is 115 Å². The zero-order chi connectivity index (χ0) is 30.0. The quantitative estimate of drug-likeness (QED) is 0.149. The SMILES string of the molecule is COc1ccc(-n2c(C)cc([C@@H]3[C@@H](c4ccccn4)NC(=S)N3CCC(=O)Nc3ccc(F)cc3)c2C)c([N+](=O)[O-])c1. The highest BCUT2D eigenvalue weighted by atomic mass is 32.1. The normalized spacial score (nSPS) is 16.3. The Morgan fingerprint density at radius 3 is 2.60 bits per heavy atom. The summed E-state index contributed by atoms with van der Waals surface area (Å²) in [6.45, 7) is 4.09. The van der Waals surface area contributed by atoms with Gasteiger partial charge in [-0.2, -0.15) is 0 Å². The van der Waals surface area contributed by atoms with Crippen molar-refractivity contribution in [2.24, 2.45) is 0 Å². The lowest BCUT2D eigenvalue weighted by Crippen LogP contribution is -2.32. The second-order valence-corrected chi connectivity index (χ2v) is 10.3. The van der Waals surface area contributed by atoms with E-state index < -0.39 is 4.92 Å². The average molecular weight is 589 g/mol. The number of rotatable bonds is 9. The summed E-state index contributed by atoms with van der Waals surface area (Å²) < 4.78 is 20.4. The van der Waals surface area contributed by atoms with Crippen LogP contribution in [0.25, 0.3) is 5.69 Å². The van der Waals surface area contributed by atoms with E-state index in [1.165, 1.54) is 37.4 Å². The van der Waals surface area contributed by atoms with E-state index in [-0.39, 0.29) is 35.9 Å². The molecule has 3 heterocycles. The molecule has 10 nitrogen and oxygen atoms in total. The maximum absolute atomic E-state index is 13.3. The number of benzene rings is 2. The van der Waals surface area contributed by atoms with Crippen LogP contribution >= 0.6 is 12.2 Å². The van der Waals surface area contributed by atoms with Crippen LogP contribution in [0.2, 0.25) is 0 Å². The third-order valence-corrected chi connectivity index (χ3v) is 7.67. The van der Waals surface area contributed by atoms with Gasteiger partial charge in [0.1, 0.15) is 17.3 Å². The first-order valence-electron chi connectivity index (χ1n) is 13.2. The van der Waals surface area contributed by atoms with E-state index >= 15 is 0 Å². The number of halogens is 1. The first-order chi connectivity index (χ1) is 20.2. The molecule has 0 aliphatic carbocycles. The molecule has 0 saturated carbocycles. The molecule has 1 aliphatic heterocycles. The molecule has 5 rings (SSSR count). The molecule has 4 aromatic rings. The third kappa shape index (κ3) is 5.66. The molecular formula is C30H29FN6O4S. The van der Waals surface area contributed by atoms with Gasteiger partial charge in [0.25, 0.3) is 5.69 Å². The number of aryl methyl sites for hydroxylation is 1. The molecule has 2 aromatic carbocycles. The standard InChI is InChI=1S/C30H29FN6O4S/c1-18-16-23(19(2)36(18)25-12-11-22(41-3)17-26(25)37(39)40)29-28(24-6-4-5-14-32-24)34-30(42)35(29)15-13-27(38)33-21-9-7-20(31)8-10-21/h4-12,14,16-17,28-29H,13,15H2,1-3H3,(H,33,38)(H,34,42)/t28-,29-/m1/s1. The highest BCUT2D eigenvalue weighted by Gasteiger charge is 2.41. The molecule has 1 aliphatic rings. The molecule has 2 N–H and O–H groups in total. The van der Waals surface area contributed by atoms with Gasteiger partial charge in [0.2, 0.25) is 5.91 Å². The number of methoxy groups -OCH3 is 1. The van der Waals surface area contributed by atoms with E-state index in [0.29, 0.717) is 28.8 Å². The number of thiocarbonyl (C=S) groups is 1. The van der Waals surface area contributed by atoms with Crippen molar-refractivity contribution in [1.82, 2.24) is 19.8 Å². The van der Waals surface area contributed by atoms with Crippen LogP contribution in [-0.4, -0.2) is 44.0 Å². The summed E-state index contributed by atoms with van der Waals surface area (Å²) in [5, 5.41) is 18.6. The van der Waals surface area contributed by atoms with Crippen molar-refractivity contribution in [2.45, 2.75) is 32.4 Å². The van der Waals surface area contributed by atoms with Crippen LogP contribution in [0, 0.1) is 29.8 Å². The Labute approximate surface area is 247 Å². The molecule has 1 fully saturated rings. The van der Waals surface area contributed by atoms with Crippen molar-refractivity contribution in [1.29, 1.82) is 0 Å². The predicted octanol–water partition coefficient (Wildman–Crippen LogP) is 5.55. The number of nitrogens with one attached hydrogen (secondary N) is 2. The Bertz CT molecular complexity index is 1640. The minimum absolute atomic E-state index is 0.0848. The lowest BCUT2D eigenvalue weighted by Gasteiger charge is -2.28. The van der Waals surface area contributed by atoms with Crippen LogP contribution in [0.1, 0.15) is 41.1 Å². The molecule has 1 saturated heterocycles. The molecule has 2 aromatic heterocycles. The van der Waals surface area contributed by atoms with Gasteiger partial charge < -0.3 is 24.8 Å². The third-order valence-electron chi connectivity index (χ3n) is 7.31. The molecule has 0 bridgehead atoms. The van der Waals surface area contributed by atoms with Crippen molar-refractivity contribution in [3.05, 3.63) is 112 Å². The summed E-state index contributed by atoms with van der Waals surface area (Å²) >= 11 is 5.75. The molecule has 0 radical (unpaired) electrons. The lowest BCUT2D eigenvalue weighted by atomic mass is 9.96. The summed E-state index contributed by atoms with van der Waals surface area (Å²) in [7, 11) is 1.46. The van der Waals surface area contributed by atoms with Crippen LogP contribution in [-0.2, 0) is 4.79 Å². The number of ether oxygens (including phenoxy) is 1. The number of nitrogens with zero attached hydrogens (tertiary/aromatic N) is 4. The van der Waals surface area contributed by atoms with E-state index in [0.717, 1.165) is 22.6 Å². The number of anilines is 1. The summed E-state index contributed by atoms with van der Waals surface area (Å²) in [5.74, 6) is -0.245. The predicted molar refractivity (Wildman–Crippen MR) is 160 cm³/mol. The van der Waals surface area contributed by atoms with Crippen molar-refractivity contribution in [3.63, 3.8) is 0 Å². The van der Waals surface area contributed by atoms with E-state index in [1.807, 2.05) is 47.6 Å². The Balaban J connectivity index is 1.51. The first-order valence-corrected chi connectivity index (χ1v) is 13.6. The smallest absolute Gasteiger partial charge is 0.296 e. The summed E-state index contributed by atoms with van der Waals surface area (Å²) in [6.07, 6.45) is 1.83. The summed E-state index contributed by atoms with van der Waals surface area (Å²) in [5.41, 5.74) is 4.06. The van der Waals surface area contributed by atoms with E-state index in [1.54, 1.807) is 18.3 Å². The minimum atomic E-state index is -0.425. The monoisotopic (exact) mass is 588 g/mol. The minimum Gasteiger partial charge on any atom is -0.496 e. The van der Waals surface area contributed by atoms with Crippen LogP contribution in [0.5, 0.6) is 5.75 Å². The molecular weight excluding hydrogens is 559 g/mol. The van der Waals surface area contributed by atoms with E-state index in [9.17, 15) is 19.3 Å². The van der Waals surface area contributed by atoms with Gasteiger partial charge in [-0.05, 0) is 86.2 Å². The van der Waals surface area contributed by atoms with E-state index in [2.05, 4.69) is 15.6 Å². The molecule has 0 unspecified atom stereocenters. The van der Waals surface area contributed by atoms with Crippen molar-refractivity contribution < 1.29 is 18.8 Å². The highest BCUT2D eigenvalue weighted by molar-refractivity contribution is 7.80.